The minimum atomic E-state index is -0.451. The summed E-state index contributed by atoms with van der Waals surface area (Å²) in [4.78, 5) is 10.7. The lowest BCUT2D eigenvalue weighted by Gasteiger charge is -2.07. The van der Waals surface area contributed by atoms with Gasteiger partial charge in [-0.05, 0) is 12.1 Å². The monoisotopic (exact) mass is 242 g/mol. The van der Waals surface area contributed by atoms with E-state index >= 15 is 0 Å². The molecule has 1 aromatic rings. The highest BCUT2D eigenvalue weighted by Crippen LogP contribution is 2.19. The second-order valence-corrected chi connectivity index (χ2v) is 3.52. The fourth-order valence-electron chi connectivity index (χ4n) is 1.08. The minimum absolute atomic E-state index is 0.388. The maximum atomic E-state index is 10.7. The van der Waals surface area contributed by atoms with Crippen LogP contribution in [0.25, 0.3) is 0 Å². The van der Waals surface area contributed by atoms with Gasteiger partial charge < -0.3 is 4.74 Å². The molecule has 1 aromatic carbocycles. The topological polar surface area (TPSA) is 50.4 Å². The largest absolute Gasteiger partial charge is 0.423 e. The summed E-state index contributed by atoms with van der Waals surface area (Å²) in [7, 11) is 0. The van der Waals surface area contributed by atoms with Crippen molar-refractivity contribution in [1.29, 1.82) is 0 Å². The molecular formula is C8H7BrN2O2. The zero-order chi connectivity index (χ0) is 9.26. The van der Waals surface area contributed by atoms with Gasteiger partial charge in [0.1, 0.15) is 0 Å². The van der Waals surface area contributed by atoms with E-state index in [0.717, 1.165) is 10.0 Å². The first-order valence-electron chi connectivity index (χ1n) is 3.73. The number of hydrogen-bond donors (Lipinski definition) is 2. The fourth-order valence-corrected chi connectivity index (χ4v) is 1.34. The molecule has 2 rings (SSSR count). The second kappa shape index (κ2) is 3.35. The predicted octanol–water partition coefficient (Wildman–Crippen LogP) is 1.69. The van der Waals surface area contributed by atoms with E-state index in [4.69, 9.17) is 4.74 Å². The van der Waals surface area contributed by atoms with Gasteiger partial charge in [-0.3, -0.25) is 5.43 Å². The van der Waals surface area contributed by atoms with Crippen LogP contribution in [0.15, 0.2) is 28.7 Å². The van der Waals surface area contributed by atoms with Crippen molar-refractivity contribution in [3.05, 3.63) is 34.3 Å². The van der Waals surface area contributed by atoms with Crippen LogP contribution in [-0.4, -0.2) is 6.09 Å². The number of halogens is 1. The van der Waals surface area contributed by atoms with E-state index in [-0.39, 0.29) is 6.23 Å². The van der Waals surface area contributed by atoms with Gasteiger partial charge in [0.15, 0.2) is 6.23 Å². The van der Waals surface area contributed by atoms with E-state index < -0.39 is 6.09 Å². The molecule has 1 heterocycles. The summed E-state index contributed by atoms with van der Waals surface area (Å²) in [6, 6.07) is 7.54. The van der Waals surface area contributed by atoms with Crippen LogP contribution in [0.2, 0.25) is 0 Å². The van der Waals surface area contributed by atoms with Gasteiger partial charge in [0.2, 0.25) is 0 Å². The van der Waals surface area contributed by atoms with Gasteiger partial charge in [0.25, 0.3) is 0 Å². The number of rotatable bonds is 1. The number of amides is 1. The lowest BCUT2D eigenvalue weighted by atomic mass is 10.2. The van der Waals surface area contributed by atoms with Crippen LogP contribution in [0.4, 0.5) is 4.79 Å². The average Bonchev–Trinajstić information content (AvgIpc) is 2.53. The Morgan fingerprint density at radius 2 is 2.00 bits per heavy atom. The normalized spacial score (nSPS) is 21.0. The molecule has 1 aliphatic heterocycles. The molecule has 1 fully saturated rings. The molecule has 1 unspecified atom stereocenters. The van der Waals surface area contributed by atoms with Crippen molar-refractivity contribution in [3.63, 3.8) is 0 Å². The van der Waals surface area contributed by atoms with E-state index in [1.165, 1.54) is 0 Å². The molecule has 1 amide bonds. The van der Waals surface area contributed by atoms with E-state index in [9.17, 15) is 4.79 Å². The fraction of sp³-hybridized carbons (Fsp3) is 0.125. The molecule has 1 aliphatic rings. The molecule has 0 bridgehead atoms. The Morgan fingerprint density at radius 1 is 1.31 bits per heavy atom. The van der Waals surface area contributed by atoms with Crippen molar-refractivity contribution < 1.29 is 9.53 Å². The number of ether oxygens (including phenoxy) is 1. The predicted molar refractivity (Wildman–Crippen MR) is 49.6 cm³/mol. The zero-order valence-electron chi connectivity index (χ0n) is 6.58. The van der Waals surface area contributed by atoms with Crippen LogP contribution in [-0.2, 0) is 4.74 Å². The molecular weight excluding hydrogens is 236 g/mol. The number of benzene rings is 1. The molecule has 4 nitrogen and oxygen atoms in total. The van der Waals surface area contributed by atoms with Crippen molar-refractivity contribution in [2.75, 3.05) is 0 Å². The molecule has 0 aromatic heterocycles. The molecule has 1 atom stereocenters. The smallest absolute Gasteiger partial charge is 0.423 e. The minimum Gasteiger partial charge on any atom is -0.423 e. The summed E-state index contributed by atoms with van der Waals surface area (Å²) >= 11 is 3.32. The molecule has 13 heavy (non-hydrogen) atoms. The second-order valence-electron chi connectivity index (χ2n) is 2.61. The molecule has 0 spiro atoms. The quantitative estimate of drug-likeness (QED) is 0.789. The highest BCUT2D eigenvalue weighted by Gasteiger charge is 2.22. The maximum Gasteiger partial charge on any atom is 0.423 e. The summed E-state index contributed by atoms with van der Waals surface area (Å²) < 4.78 is 5.90. The van der Waals surface area contributed by atoms with E-state index in [0.29, 0.717) is 0 Å². The van der Waals surface area contributed by atoms with Gasteiger partial charge in [-0.15, -0.1) is 0 Å². The van der Waals surface area contributed by atoms with Crippen molar-refractivity contribution >= 4 is 22.0 Å². The molecule has 2 N–H and O–H groups in total. The number of nitrogens with one attached hydrogen (secondary N) is 2. The van der Waals surface area contributed by atoms with Gasteiger partial charge in [0.05, 0.1) is 0 Å². The third-order valence-electron chi connectivity index (χ3n) is 1.70. The third-order valence-corrected chi connectivity index (χ3v) is 2.23. The first kappa shape index (κ1) is 8.52. The number of cyclic esters (lactones) is 1. The molecule has 0 aliphatic carbocycles. The number of carbonyl (C=O) groups excluding carboxylic acids is 1. The Bertz CT molecular complexity index is 325. The van der Waals surface area contributed by atoms with Crippen LogP contribution in [0, 0.1) is 0 Å². The van der Waals surface area contributed by atoms with Crippen molar-refractivity contribution in [3.8, 4) is 0 Å². The summed E-state index contributed by atoms with van der Waals surface area (Å²) in [5, 5.41) is 0. The summed E-state index contributed by atoms with van der Waals surface area (Å²) in [5.74, 6) is 0. The Kier molecular flexibility index (Phi) is 2.20. The Balaban J connectivity index is 2.17. The first-order chi connectivity index (χ1) is 6.25. The Hall–Kier alpha value is -1.07. The van der Waals surface area contributed by atoms with Crippen LogP contribution < -0.4 is 10.9 Å². The number of hydrazine groups is 1. The average molecular weight is 243 g/mol. The van der Waals surface area contributed by atoms with Crippen molar-refractivity contribution in [1.82, 2.24) is 10.9 Å². The lowest BCUT2D eigenvalue weighted by Crippen LogP contribution is -2.26. The van der Waals surface area contributed by atoms with Gasteiger partial charge in [-0.25, -0.2) is 4.79 Å². The Labute approximate surface area is 83.4 Å². The van der Waals surface area contributed by atoms with Gasteiger partial charge >= 0.3 is 6.09 Å². The van der Waals surface area contributed by atoms with Gasteiger partial charge in [-0.2, -0.15) is 5.43 Å². The van der Waals surface area contributed by atoms with E-state index in [2.05, 4.69) is 26.8 Å². The highest BCUT2D eigenvalue weighted by molar-refractivity contribution is 9.10. The first-order valence-corrected chi connectivity index (χ1v) is 4.52. The van der Waals surface area contributed by atoms with Crippen LogP contribution in [0.5, 0.6) is 0 Å². The molecule has 68 valence electrons. The number of carbonyl (C=O) groups is 1. The van der Waals surface area contributed by atoms with Gasteiger partial charge in [0, 0.05) is 10.0 Å². The SMILES string of the molecule is O=C1NNC(c2ccc(Br)cc2)O1. The van der Waals surface area contributed by atoms with Gasteiger partial charge in [-0.1, -0.05) is 28.1 Å². The summed E-state index contributed by atoms with van der Waals surface area (Å²) in [6.07, 6.45) is -0.839. The maximum absolute atomic E-state index is 10.7. The molecule has 0 saturated carbocycles. The van der Waals surface area contributed by atoms with Crippen LogP contribution in [0.3, 0.4) is 0 Å². The number of hydrogen-bond acceptors (Lipinski definition) is 3. The van der Waals surface area contributed by atoms with Crippen LogP contribution in [0.1, 0.15) is 11.8 Å². The van der Waals surface area contributed by atoms with Crippen LogP contribution >= 0.6 is 15.9 Å². The highest BCUT2D eigenvalue weighted by atomic mass is 79.9. The Morgan fingerprint density at radius 3 is 2.54 bits per heavy atom. The molecule has 5 heteroatoms. The zero-order valence-corrected chi connectivity index (χ0v) is 8.17. The lowest BCUT2D eigenvalue weighted by molar-refractivity contribution is 0.130. The van der Waals surface area contributed by atoms with E-state index in [1.807, 2.05) is 24.3 Å². The van der Waals surface area contributed by atoms with E-state index in [1.54, 1.807) is 0 Å². The van der Waals surface area contributed by atoms with Crippen molar-refractivity contribution in [2.24, 2.45) is 0 Å². The summed E-state index contributed by atoms with van der Waals surface area (Å²) in [5.41, 5.74) is 5.97. The molecule has 1 saturated heterocycles. The molecule has 0 radical (unpaired) electrons. The third kappa shape index (κ3) is 1.81. The van der Waals surface area contributed by atoms with Crippen molar-refractivity contribution in [2.45, 2.75) is 6.23 Å². The summed E-state index contributed by atoms with van der Waals surface area (Å²) in [6.45, 7) is 0. The standard InChI is InChI=1S/C8H7BrN2O2/c9-6-3-1-5(2-4-6)7-10-11-8(12)13-7/h1-4,7,10H,(H,11,12).